The number of para-hydroxylation sites is 1. The molecule has 0 radical (unpaired) electrons. The van der Waals surface area contributed by atoms with E-state index in [0.717, 1.165) is 77.6 Å². The quantitative estimate of drug-likeness (QED) is 0.241. The summed E-state index contributed by atoms with van der Waals surface area (Å²) in [6.07, 6.45) is 3.14. The summed E-state index contributed by atoms with van der Waals surface area (Å²) in [6, 6.07) is 6.81. The first-order valence-electron chi connectivity index (χ1n) is 11.5. The van der Waals surface area contributed by atoms with Crippen LogP contribution >= 0.6 is 24.0 Å². The van der Waals surface area contributed by atoms with Gasteiger partial charge in [-0.15, -0.1) is 24.0 Å². The first-order valence-corrected chi connectivity index (χ1v) is 11.5. The Morgan fingerprint density at radius 2 is 1.78 bits per heavy atom. The van der Waals surface area contributed by atoms with Gasteiger partial charge >= 0.3 is 0 Å². The number of anilines is 1. The molecule has 2 heterocycles. The number of carbonyl (C=O) groups is 1. The van der Waals surface area contributed by atoms with Crippen molar-refractivity contribution in [2.24, 2.45) is 4.99 Å². The molecule has 32 heavy (non-hydrogen) atoms. The lowest BCUT2D eigenvalue weighted by Crippen LogP contribution is -2.57. The van der Waals surface area contributed by atoms with Crippen molar-refractivity contribution in [1.29, 1.82) is 0 Å². The number of rotatable bonds is 7. The van der Waals surface area contributed by atoms with Crippen molar-refractivity contribution in [3.05, 3.63) is 30.1 Å². The first kappa shape index (κ1) is 26.6. The van der Waals surface area contributed by atoms with Gasteiger partial charge in [-0.2, -0.15) is 0 Å². The van der Waals surface area contributed by atoms with Gasteiger partial charge in [0.15, 0.2) is 5.96 Å². The van der Waals surface area contributed by atoms with Crippen LogP contribution in [0.15, 0.2) is 29.3 Å². The minimum absolute atomic E-state index is 0. The second-order valence-electron chi connectivity index (χ2n) is 8.43. The Kier molecular flexibility index (Phi) is 11.0. The summed E-state index contributed by atoms with van der Waals surface area (Å²) in [5.41, 5.74) is 0.626. The Labute approximate surface area is 209 Å². The largest absolute Gasteiger partial charge is 0.372 e. The highest BCUT2D eigenvalue weighted by atomic mass is 127. The molecule has 0 spiro atoms. The summed E-state index contributed by atoms with van der Waals surface area (Å²) in [5, 5.41) is 3.43. The third-order valence-corrected chi connectivity index (χ3v) is 6.37. The van der Waals surface area contributed by atoms with Crippen LogP contribution in [0.1, 0.15) is 26.2 Å². The van der Waals surface area contributed by atoms with Crippen molar-refractivity contribution in [3.8, 4) is 0 Å². The van der Waals surface area contributed by atoms with Crippen molar-refractivity contribution in [2.45, 2.75) is 32.2 Å². The molecule has 2 saturated heterocycles. The molecule has 1 N–H and O–H groups in total. The van der Waals surface area contributed by atoms with E-state index >= 15 is 0 Å². The number of hydrogen-bond donors (Lipinski definition) is 1. The van der Waals surface area contributed by atoms with E-state index in [-0.39, 0.29) is 41.7 Å². The molecule has 1 aromatic carbocycles. The molecule has 2 fully saturated rings. The molecular weight excluding hydrogens is 522 g/mol. The number of hydrogen-bond acceptors (Lipinski definition) is 4. The molecule has 2 aliphatic rings. The van der Waals surface area contributed by atoms with Crippen LogP contribution < -0.4 is 10.2 Å². The average molecular weight is 561 g/mol. The lowest BCUT2D eigenvalue weighted by atomic mass is 10.2. The Morgan fingerprint density at radius 3 is 2.41 bits per heavy atom. The SMILES string of the molecule is CN=C(NCCCN(C)c1ccccc1F)N1CCN(C(C)C(=O)N2CCCC2)CC1.I. The van der Waals surface area contributed by atoms with Crippen LogP contribution in [0.5, 0.6) is 0 Å². The molecule has 0 saturated carbocycles. The summed E-state index contributed by atoms with van der Waals surface area (Å²) in [6.45, 7) is 8.81. The minimum atomic E-state index is -0.191. The van der Waals surface area contributed by atoms with Gasteiger partial charge in [0, 0.05) is 66.5 Å². The number of benzene rings is 1. The molecular formula is C23H38FIN6O. The van der Waals surface area contributed by atoms with Crippen molar-refractivity contribution in [3.63, 3.8) is 0 Å². The zero-order valence-corrected chi connectivity index (χ0v) is 21.9. The van der Waals surface area contributed by atoms with Crippen molar-refractivity contribution >= 4 is 41.5 Å². The summed E-state index contributed by atoms with van der Waals surface area (Å²) in [7, 11) is 3.72. The normalized spacial score (nSPS) is 18.3. The van der Waals surface area contributed by atoms with Gasteiger partial charge in [-0.05, 0) is 38.3 Å². The first-order chi connectivity index (χ1) is 15.0. The topological polar surface area (TPSA) is 54.4 Å². The number of guanidine groups is 1. The van der Waals surface area contributed by atoms with Gasteiger partial charge in [-0.1, -0.05) is 12.1 Å². The van der Waals surface area contributed by atoms with Crippen LogP contribution in [0.25, 0.3) is 0 Å². The van der Waals surface area contributed by atoms with E-state index in [9.17, 15) is 9.18 Å². The van der Waals surface area contributed by atoms with Crippen molar-refractivity contribution in [2.75, 3.05) is 71.4 Å². The zero-order chi connectivity index (χ0) is 22.2. The number of aliphatic imine (C=N–C) groups is 1. The number of nitrogens with zero attached hydrogens (tertiary/aromatic N) is 5. The number of nitrogens with one attached hydrogen (secondary N) is 1. The monoisotopic (exact) mass is 560 g/mol. The van der Waals surface area contributed by atoms with E-state index < -0.39 is 0 Å². The van der Waals surface area contributed by atoms with Gasteiger partial charge in [0.05, 0.1) is 11.7 Å². The van der Waals surface area contributed by atoms with Gasteiger partial charge in [-0.25, -0.2) is 4.39 Å². The standard InChI is InChI=1S/C23H37FN6O.HI/c1-19(22(31)29-13-6-7-14-29)28-15-17-30(18-16-28)23(25-2)26-11-8-12-27(3)21-10-5-4-9-20(21)24;/h4-5,9-10,19H,6-8,11-18H2,1-3H3,(H,25,26);1H. The highest BCUT2D eigenvalue weighted by molar-refractivity contribution is 14.0. The number of piperazine rings is 1. The Balaban J connectivity index is 0.00000363. The number of carbonyl (C=O) groups excluding carboxylic acids is 1. The van der Waals surface area contributed by atoms with E-state index in [1.54, 1.807) is 19.2 Å². The molecule has 180 valence electrons. The maximum atomic E-state index is 13.9. The van der Waals surface area contributed by atoms with Crippen LogP contribution in [0.2, 0.25) is 0 Å². The summed E-state index contributed by atoms with van der Waals surface area (Å²) >= 11 is 0. The fourth-order valence-corrected chi connectivity index (χ4v) is 4.41. The van der Waals surface area contributed by atoms with Crippen LogP contribution in [0.3, 0.4) is 0 Å². The van der Waals surface area contributed by atoms with Crippen LogP contribution in [0.4, 0.5) is 10.1 Å². The van der Waals surface area contributed by atoms with E-state index in [1.165, 1.54) is 6.07 Å². The molecule has 9 heteroatoms. The lowest BCUT2D eigenvalue weighted by Gasteiger charge is -2.39. The number of likely N-dealkylation sites (tertiary alicyclic amines) is 1. The van der Waals surface area contributed by atoms with Gasteiger partial charge in [0.2, 0.25) is 5.91 Å². The van der Waals surface area contributed by atoms with Gasteiger partial charge in [0.25, 0.3) is 0 Å². The number of halogens is 2. The predicted octanol–water partition coefficient (Wildman–Crippen LogP) is 2.47. The number of amides is 1. The average Bonchev–Trinajstić information content (AvgIpc) is 3.33. The van der Waals surface area contributed by atoms with E-state index in [4.69, 9.17) is 0 Å². The van der Waals surface area contributed by atoms with Gasteiger partial charge in [-0.3, -0.25) is 14.7 Å². The molecule has 0 aliphatic carbocycles. The highest BCUT2D eigenvalue weighted by Crippen LogP contribution is 2.17. The van der Waals surface area contributed by atoms with E-state index in [0.29, 0.717) is 5.69 Å². The van der Waals surface area contributed by atoms with Crippen LogP contribution in [-0.4, -0.2) is 99.1 Å². The Morgan fingerprint density at radius 1 is 1.12 bits per heavy atom. The molecule has 0 aromatic heterocycles. The molecule has 1 aromatic rings. The van der Waals surface area contributed by atoms with Gasteiger partial charge < -0.3 is 20.0 Å². The minimum Gasteiger partial charge on any atom is -0.372 e. The van der Waals surface area contributed by atoms with Crippen molar-refractivity contribution < 1.29 is 9.18 Å². The third kappa shape index (κ3) is 6.94. The van der Waals surface area contributed by atoms with Crippen molar-refractivity contribution in [1.82, 2.24) is 20.0 Å². The molecule has 2 aliphatic heterocycles. The predicted molar refractivity (Wildman–Crippen MR) is 139 cm³/mol. The Hall–Kier alpha value is -1.62. The van der Waals surface area contributed by atoms with Crippen LogP contribution in [-0.2, 0) is 4.79 Å². The van der Waals surface area contributed by atoms with E-state index in [1.807, 2.05) is 29.8 Å². The molecule has 3 rings (SSSR count). The lowest BCUT2D eigenvalue weighted by molar-refractivity contribution is -0.135. The summed E-state index contributed by atoms with van der Waals surface area (Å²) in [5.74, 6) is 0.975. The second kappa shape index (κ2) is 13.2. The highest BCUT2D eigenvalue weighted by Gasteiger charge is 2.30. The molecule has 1 unspecified atom stereocenters. The Bertz CT molecular complexity index is 750. The maximum absolute atomic E-state index is 13.9. The fourth-order valence-electron chi connectivity index (χ4n) is 4.41. The summed E-state index contributed by atoms with van der Waals surface area (Å²) in [4.78, 5) is 25.6. The molecule has 7 nitrogen and oxygen atoms in total. The molecule has 1 amide bonds. The smallest absolute Gasteiger partial charge is 0.239 e. The second-order valence-corrected chi connectivity index (χ2v) is 8.43. The fraction of sp³-hybridized carbons (Fsp3) is 0.652. The summed E-state index contributed by atoms with van der Waals surface area (Å²) < 4.78 is 13.9. The maximum Gasteiger partial charge on any atom is 0.239 e. The molecule has 1 atom stereocenters. The van der Waals surface area contributed by atoms with Crippen LogP contribution in [0, 0.1) is 5.82 Å². The molecule has 0 bridgehead atoms. The van der Waals surface area contributed by atoms with E-state index in [2.05, 4.69) is 20.1 Å². The third-order valence-electron chi connectivity index (χ3n) is 6.37. The zero-order valence-electron chi connectivity index (χ0n) is 19.6. The van der Waals surface area contributed by atoms with Gasteiger partial charge in [0.1, 0.15) is 5.82 Å².